The Morgan fingerprint density at radius 3 is 2.28 bits per heavy atom. The molecule has 200 valence electrons. The third kappa shape index (κ3) is 7.06. The Bertz CT molecular complexity index is 879. The molecule has 2 saturated heterocycles. The van der Waals surface area contributed by atoms with Crippen LogP contribution in [0.3, 0.4) is 0 Å². The second-order valence-corrected chi connectivity index (χ2v) is 10.9. The van der Waals surface area contributed by atoms with Gasteiger partial charge in [-0.05, 0) is 80.8 Å². The number of likely N-dealkylation sites (tertiary alicyclic amines) is 2. The zero-order chi connectivity index (χ0) is 25.4. The average molecular weight is 499 g/mol. The summed E-state index contributed by atoms with van der Waals surface area (Å²) in [5.74, 6) is -0.240. The van der Waals surface area contributed by atoms with Crippen LogP contribution < -0.4 is 0 Å². The predicted octanol–water partition coefficient (Wildman–Crippen LogP) is 3.86. The van der Waals surface area contributed by atoms with Crippen molar-refractivity contribution >= 4 is 5.57 Å². The lowest BCUT2D eigenvalue weighted by Crippen LogP contribution is -2.44. The van der Waals surface area contributed by atoms with Crippen molar-refractivity contribution in [1.82, 2.24) is 9.80 Å². The third-order valence-corrected chi connectivity index (χ3v) is 8.24. The van der Waals surface area contributed by atoms with E-state index in [0.717, 1.165) is 71.4 Å². The molecule has 0 spiro atoms. The first-order valence-electron chi connectivity index (χ1n) is 14.0. The van der Waals surface area contributed by atoms with E-state index in [1.807, 2.05) is 0 Å². The van der Waals surface area contributed by atoms with E-state index >= 15 is 0 Å². The highest BCUT2D eigenvalue weighted by Crippen LogP contribution is 2.40. The van der Waals surface area contributed by atoms with Gasteiger partial charge in [-0.25, -0.2) is 0 Å². The second kappa shape index (κ2) is 13.3. The van der Waals surface area contributed by atoms with Crippen LogP contribution in [0.2, 0.25) is 0 Å². The zero-order valence-corrected chi connectivity index (χ0v) is 22.3. The van der Waals surface area contributed by atoms with Gasteiger partial charge in [0.1, 0.15) is 0 Å². The number of nitrogens with zero attached hydrogens (tertiary/aromatic N) is 2. The summed E-state index contributed by atoms with van der Waals surface area (Å²) in [4.78, 5) is 4.81. The maximum atomic E-state index is 9.81. The molecule has 2 N–H and O–H groups in total. The number of aliphatic hydroxyl groups excluding tert-OH is 2. The molecule has 2 unspecified atom stereocenters. The Morgan fingerprint density at radius 1 is 0.972 bits per heavy atom. The number of hydrogen-bond acceptors (Lipinski definition) is 6. The van der Waals surface area contributed by atoms with E-state index in [2.05, 4.69) is 66.1 Å². The van der Waals surface area contributed by atoms with Crippen molar-refractivity contribution < 1.29 is 19.7 Å². The molecule has 2 aliphatic heterocycles. The van der Waals surface area contributed by atoms with Gasteiger partial charge in [0.05, 0.1) is 19.3 Å². The summed E-state index contributed by atoms with van der Waals surface area (Å²) in [5, 5.41) is 19.2. The molecule has 3 atom stereocenters. The lowest BCUT2D eigenvalue weighted by atomic mass is 9.82. The first kappa shape index (κ1) is 27.5. The summed E-state index contributed by atoms with van der Waals surface area (Å²) in [7, 11) is 0. The van der Waals surface area contributed by atoms with E-state index in [4.69, 9.17) is 9.47 Å². The van der Waals surface area contributed by atoms with E-state index in [1.54, 1.807) is 0 Å². The van der Waals surface area contributed by atoms with Crippen LogP contribution in [0.5, 0.6) is 0 Å². The number of β-amino-alcohol motifs (C(OH)–C–C–N with tert-alkyl or cyclic N) is 1. The van der Waals surface area contributed by atoms with Gasteiger partial charge in [-0.1, -0.05) is 43.3 Å². The number of rotatable bonds is 12. The fraction of sp³-hybridized carbons (Fsp3) is 0.667. The van der Waals surface area contributed by atoms with E-state index in [1.165, 1.54) is 16.7 Å². The van der Waals surface area contributed by atoms with Crippen molar-refractivity contribution in [3.05, 3.63) is 53.6 Å². The van der Waals surface area contributed by atoms with Crippen LogP contribution in [0, 0.1) is 18.8 Å². The van der Waals surface area contributed by atoms with Gasteiger partial charge in [0.15, 0.2) is 5.79 Å². The van der Waals surface area contributed by atoms with Crippen LogP contribution in [-0.2, 0) is 9.47 Å². The van der Waals surface area contributed by atoms with Gasteiger partial charge in [0.25, 0.3) is 0 Å². The van der Waals surface area contributed by atoms with Crippen molar-refractivity contribution in [1.29, 1.82) is 0 Å². The molecule has 4 rings (SSSR count). The molecular weight excluding hydrogens is 452 g/mol. The van der Waals surface area contributed by atoms with Crippen LogP contribution in [-0.4, -0.2) is 91.0 Å². The molecule has 2 fully saturated rings. The summed E-state index contributed by atoms with van der Waals surface area (Å²) < 4.78 is 13.2. The van der Waals surface area contributed by atoms with E-state index in [9.17, 15) is 10.2 Å². The minimum atomic E-state index is -0.777. The van der Waals surface area contributed by atoms with Gasteiger partial charge in [0.2, 0.25) is 0 Å². The minimum absolute atomic E-state index is 0.0671. The largest absolute Gasteiger partial charge is 0.396 e. The molecule has 1 aromatic carbocycles. The number of ether oxygens (including phenoxy) is 2. The van der Waals surface area contributed by atoms with Crippen LogP contribution in [0.15, 0.2) is 42.5 Å². The zero-order valence-electron chi connectivity index (χ0n) is 22.3. The number of piperidine rings is 1. The Kier molecular flexibility index (Phi) is 10.2. The molecule has 1 aliphatic carbocycles. The molecule has 3 aliphatic rings. The van der Waals surface area contributed by atoms with Crippen molar-refractivity contribution in [2.45, 2.75) is 57.8 Å². The van der Waals surface area contributed by atoms with E-state index in [0.29, 0.717) is 25.7 Å². The second-order valence-electron chi connectivity index (χ2n) is 10.9. The first-order chi connectivity index (χ1) is 17.5. The quantitative estimate of drug-likeness (QED) is 0.337. The lowest BCUT2D eigenvalue weighted by Gasteiger charge is -2.40. The van der Waals surface area contributed by atoms with Crippen molar-refractivity contribution in [2.24, 2.45) is 11.8 Å². The molecule has 1 aromatic rings. The Balaban J connectivity index is 1.36. The summed E-state index contributed by atoms with van der Waals surface area (Å²) in [6.45, 7) is 11.8. The Hall–Kier alpha value is -1.54. The molecule has 36 heavy (non-hydrogen) atoms. The smallest absolute Gasteiger partial charge is 0.194 e. The van der Waals surface area contributed by atoms with Gasteiger partial charge in [-0.15, -0.1) is 0 Å². The van der Waals surface area contributed by atoms with Gasteiger partial charge in [-0.2, -0.15) is 0 Å². The van der Waals surface area contributed by atoms with Crippen molar-refractivity contribution in [3.8, 4) is 0 Å². The highest BCUT2D eigenvalue weighted by Gasteiger charge is 2.40. The molecule has 0 radical (unpaired) electrons. The number of aryl methyl sites for hydroxylation is 1. The first-order valence-corrected chi connectivity index (χ1v) is 14.0. The molecule has 0 saturated carbocycles. The van der Waals surface area contributed by atoms with Crippen LogP contribution in [0.25, 0.3) is 5.57 Å². The predicted molar refractivity (Wildman–Crippen MR) is 145 cm³/mol. The normalized spacial score (nSPS) is 28.1. The summed E-state index contributed by atoms with van der Waals surface area (Å²) in [5.41, 5.74) is 3.77. The maximum absolute atomic E-state index is 9.81. The lowest BCUT2D eigenvalue weighted by molar-refractivity contribution is -0.223. The monoisotopic (exact) mass is 498 g/mol. The number of aliphatic hydroxyl groups is 2. The number of allylic oxidation sites excluding steroid dienone is 2. The Morgan fingerprint density at radius 2 is 1.64 bits per heavy atom. The van der Waals surface area contributed by atoms with Crippen LogP contribution in [0.4, 0.5) is 0 Å². The number of hydrogen-bond donors (Lipinski definition) is 2. The topological polar surface area (TPSA) is 65.4 Å². The highest BCUT2D eigenvalue weighted by molar-refractivity contribution is 5.73. The Labute approximate surface area is 217 Å². The minimum Gasteiger partial charge on any atom is -0.396 e. The summed E-state index contributed by atoms with van der Waals surface area (Å²) >= 11 is 0. The van der Waals surface area contributed by atoms with Crippen LogP contribution in [0.1, 0.15) is 50.2 Å². The standard InChI is InChI=1S/C30H46N2O4/c1-24-8-3-4-9-28(24)29-10-5-14-30(25(29)2,36-21-7-16-32-19-13-27(34)22-32)35-20-6-15-31-17-11-26(23-33)12-18-31/h3-5,8-10,14,25-27,33-34H,6-7,11-13,15-23H2,1-2H3/t25?,27-,30?/m1/s1. The molecule has 0 aromatic heterocycles. The van der Waals surface area contributed by atoms with Crippen molar-refractivity contribution in [2.75, 3.05) is 59.1 Å². The summed E-state index contributed by atoms with van der Waals surface area (Å²) in [6.07, 6.45) is 11.1. The van der Waals surface area contributed by atoms with E-state index < -0.39 is 5.79 Å². The average Bonchev–Trinajstić information content (AvgIpc) is 3.32. The maximum Gasteiger partial charge on any atom is 0.194 e. The fourth-order valence-corrected chi connectivity index (χ4v) is 5.85. The van der Waals surface area contributed by atoms with Gasteiger partial charge >= 0.3 is 0 Å². The molecule has 0 bridgehead atoms. The number of benzene rings is 1. The molecule has 6 nitrogen and oxygen atoms in total. The highest BCUT2D eigenvalue weighted by atomic mass is 16.7. The molecule has 0 amide bonds. The van der Waals surface area contributed by atoms with Gasteiger partial charge < -0.3 is 29.5 Å². The van der Waals surface area contributed by atoms with E-state index in [-0.39, 0.29) is 12.0 Å². The fourth-order valence-electron chi connectivity index (χ4n) is 5.85. The molecule has 2 heterocycles. The molecular formula is C30H46N2O4. The van der Waals surface area contributed by atoms with Crippen molar-refractivity contribution in [3.63, 3.8) is 0 Å². The SMILES string of the molecule is Cc1ccccc1C1=CC=CC(OCCCN2CCC(CO)CC2)(OCCCN2CC[C@@H](O)C2)C1C. The summed E-state index contributed by atoms with van der Waals surface area (Å²) in [6, 6.07) is 8.54. The van der Waals surface area contributed by atoms with Gasteiger partial charge in [-0.3, -0.25) is 0 Å². The third-order valence-electron chi connectivity index (χ3n) is 8.24. The van der Waals surface area contributed by atoms with Crippen LogP contribution >= 0.6 is 0 Å². The molecule has 6 heteroatoms. The van der Waals surface area contributed by atoms with Gasteiger partial charge in [0, 0.05) is 38.7 Å².